The van der Waals surface area contributed by atoms with Gasteiger partial charge in [-0.2, -0.15) is 0 Å². The van der Waals surface area contributed by atoms with Crippen LogP contribution in [-0.2, 0) is 9.53 Å². The quantitative estimate of drug-likeness (QED) is 0.816. The molecule has 5 nitrogen and oxygen atoms in total. The molecule has 1 atom stereocenters. The monoisotopic (exact) mass is 262 g/mol. The van der Waals surface area contributed by atoms with Gasteiger partial charge in [0, 0.05) is 12.5 Å². The number of carbonyl (C=O) groups is 2. The van der Waals surface area contributed by atoms with E-state index in [2.05, 4.69) is 0 Å². The molecule has 1 aliphatic heterocycles. The van der Waals surface area contributed by atoms with Crippen molar-refractivity contribution in [2.45, 2.75) is 31.8 Å². The van der Waals surface area contributed by atoms with Gasteiger partial charge in [0.2, 0.25) is 5.91 Å². The Morgan fingerprint density at radius 2 is 2.05 bits per heavy atom. The lowest BCUT2D eigenvalue weighted by atomic mass is 9.96. The Morgan fingerprint density at radius 3 is 2.58 bits per heavy atom. The van der Waals surface area contributed by atoms with Crippen LogP contribution < -0.4 is 10.6 Å². The second-order valence-electron chi connectivity index (χ2n) is 5.20. The number of methoxy groups -OCH3 is 1. The van der Waals surface area contributed by atoms with Crippen molar-refractivity contribution >= 4 is 17.6 Å². The lowest BCUT2D eigenvalue weighted by Crippen LogP contribution is -2.50. The van der Waals surface area contributed by atoms with Gasteiger partial charge in [-0.3, -0.25) is 4.79 Å². The van der Waals surface area contributed by atoms with Crippen LogP contribution in [0, 0.1) is 0 Å². The number of nitrogens with zero attached hydrogens (tertiary/aromatic N) is 1. The predicted molar refractivity (Wildman–Crippen MR) is 71.9 cm³/mol. The van der Waals surface area contributed by atoms with Gasteiger partial charge in [0.15, 0.2) is 0 Å². The van der Waals surface area contributed by atoms with Crippen LogP contribution in [0.5, 0.6) is 0 Å². The second kappa shape index (κ2) is 4.66. The fraction of sp³-hybridized carbons (Fsp3) is 0.429. The molecule has 1 aromatic rings. The summed E-state index contributed by atoms with van der Waals surface area (Å²) in [5.41, 5.74) is 6.41. The number of esters is 1. The third kappa shape index (κ3) is 2.10. The molecule has 102 valence electrons. The van der Waals surface area contributed by atoms with Crippen LogP contribution in [0.1, 0.15) is 30.6 Å². The Morgan fingerprint density at radius 1 is 1.42 bits per heavy atom. The first-order valence-corrected chi connectivity index (χ1v) is 6.15. The number of hydrogen-bond acceptors (Lipinski definition) is 4. The normalized spacial score (nSPS) is 21.6. The molecule has 2 N–H and O–H groups in total. The predicted octanol–water partition coefficient (Wildman–Crippen LogP) is 1.32. The first-order valence-electron chi connectivity index (χ1n) is 6.15. The molecule has 5 heteroatoms. The van der Waals surface area contributed by atoms with Gasteiger partial charge in [0.1, 0.15) is 0 Å². The first kappa shape index (κ1) is 13.5. The molecule has 1 unspecified atom stereocenters. The van der Waals surface area contributed by atoms with Crippen LogP contribution in [0.3, 0.4) is 0 Å². The highest BCUT2D eigenvalue weighted by atomic mass is 16.5. The van der Waals surface area contributed by atoms with E-state index in [1.54, 1.807) is 29.2 Å². The highest BCUT2D eigenvalue weighted by molar-refractivity contribution is 6.05. The zero-order valence-corrected chi connectivity index (χ0v) is 11.3. The van der Waals surface area contributed by atoms with Gasteiger partial charge in [0.25, 0.3) is 0 Å². The van der Waals surface area contributed by atoms with Crippen molar-refractivity contribution in [3.63, 3.8) is 0 Å². The van der Waals surface area contributed by atoms with E-state index in [0.717, 1.165) is 0 Å². The largest absolute Gasteiger partial charge is 0.465 e. The number of hydrogen-bond donors (Lipinski definition) is 1. The Labute approximate surface area is 112 Å². The van der Waals surface area contributed by atoms with E-state index in [4.69, 9.17) is 10.5 Å². The summed E-state index contributed by atoms with van der Waals surface area (Å²) in [7, 11) is 1.32. The molecule has 0 radical (unpaired) electrons. The minimum atomic E-state index is -0.527. The molecule has 1 saturated heterocycles. The number of amides is 1. The average Bonchev–Trinajstić information content (AvgIpc) is 2.57. The van der Waals surface area contributed by atoms with Crippen LogP contribution in [0.25, 0.3) is 0 Å². The summed E-state index contributed by atoms with van der Waals surface area (Å²) in [6.07, 6.45) is 0.280. The number of anilines is 1. The SMILES string of the molecule is COC(=O)c1ccccc1N1C(=O)CC(N)C1(C)C. The summed E-state index contributed by atoms with van der Waals surface area (Å²) < 4.78 is 4.76. The Hall–Kier alpha value is -1.88. The average molecular weight is 262 g/mol. The molecule has 1 aliphatic rings. The summed E-state index contributed by atoms with van der Waals surface area (Å²) in [6.45, 7) is 3.80. The minimum absolute atomic E-state index is 0.0751. The van der Waals surface area contributed by atoms with Crippen molar-refractivity contribution in [1.29, 1.82) is 0 Å². The van der Waals surface area contributed by atoms with E-state index in [1.165, 1.54) is 7.11 Å². The molecule has 0 aromatic heterocycles. The highest BCUT2D eigenvalue weighted by Gasteiger charge is 2.46. The molecule has 1 aromatic carbocycles. The lowest BCUT2D eigenvalue weighted by molar-refractivity contribution is -0.117. The number of rotatable bonds is 2. The number of nitrogens with two attached hydrogens (primary N) is 1. The molecule has 0 saturated carbocycles. The molecular formula is C14H18N2O3. The van der Waals surface area contributed by atoms with Crippen molar-refractivity contribution in [2.24, 2.45) is 5.73 Å². The summed E-state index contributed by atoms with van der Waals surface area (Å²) in [4.78, 5) is 25.6. The van der Waals surface area contributed by atoms with Crippen LogP contribution >= 0.6 is 0 Å². The van der Waals surface area contributed by atoms with Crippen molar-refractivity contribution in [2.75, 3.05) is 12.0 Å². The van der Waals surface area contributed by atoms with Gasteiger partial charge in [-0.15, -0.1) is 0 Å². The molecule has 19 heavy (non-hydrogen) atoms. The zero-order chi connectivity index (χ0) is 14.2. The van der Waals surface area contributed by atoms with Gasteiger partial charge in [-0.25, -0.2) is 4.79 Å². The second-order valence-corrected chi connectivity index (χ2v) is 5.20. The molecule has 1 fully saturated rings. The third-order valence-corrected chi connectivity index (χ3v) is 3.68. The number of carbonyl (C=O) groups excluding carboxylic acids is 2. The van der Waals surface area contributed by atoms with Gasteiger partial charge in [0.05, 0.1) is 23.9 Å². The van der Waals surface area contributed by atoms with E-state index < -0.39 is 11.5 Å². The highest BCUT2D eigenvalue weighted by Crippen LogP contribution is 2.35. The van der Waals surface area contributed by atoms with Crippen LogP contribution in [0.4, 0.5) is 5.69 Å². The number of ether oxygens (including phenoxy) is 1. The molecule has 1 amide bonds. The third-order valence-electron chi connectivity index (χ3n) is 3.68. The summed E-state index contributed by atoms with van der Waals surface area (Å²) in [5.74, 6) is -0.534. The molecule has 2 rings (SSSR count). The summed E-state index contributed by atoms with van der Waals surface area (Å²) in [5, 5.41) is 0. The summed E-state index contributed by atoms with van der Waals surface area (Å²) >= 11 is 0. The van der Waals surface area contributed by atoms with Gasteiger partial charge in [-0.1, -0.05) is 12.1 Å². The van der Waals surface area contributed by atoms with E-state index >= 15 is 0 Å². The van der Waals surface area contributed by atoms with Crippen molar-refractivity contribution in [3.8, 4) is 0 Å². The molecular weight excluding hydrogens is 244 g/mol. The van der Waals surface area contributed by atoms with E-state index in [1.807, 2.05) is 13.8 Å². The van der Waals surface area contributed by atoms with Crippen LogP contribution in [0.15, 0.2) is 24.3 Å². The van der Waals surface area contributed by atoms with Gasteiger partial charge < -0.3 is 15.4 Å². The standard InChI is InChI=1S/C14H18N2O3/c1-14(2)11(15)8-12(17)16(14)10-7-5-4-6-9(10)13(18)19-3/h4-7,11H,8,15H2,1-3H3. The van der Waals surface area contributed by atoms with Gasteiger partial charge in [-0.05, 0) is 26.0 Å². The fourth-order valence-corrected chi connectivity index (χ4v) is 2.41. The molecule has 1 heterocycles. The lowest BCUT2D eigenvalue weighted by Gasteiger charge is -2.35. The first-order chi connectivity index (χ1) is 8.89. The maximum absolute atomic E-state index is 12.2. The Kier molecular flexibility index (Phi) is 3.32. The maximum Gasteiger partial charge on any atom is 0.339 e. The van der Waals surface area contributed by atoms with Crippen molar-refractivity contribution < 1.29 is 14.3 Å². The minimum Gasteiger partial charge on any atom is -0.465 e. The summed E-state index contributed by atoms with van der Waals surface area (Å²) in [6, 6.07) is 6.65. The van der Waals surface area contributed by atoms with E-state index in [9.17, 15) is 9.59 Å². The molecule has 0 aliphatic carbocycles. The van der Waals surface area contributed by atoms with Crippen LogP contribution in [-0.4, -0.2) is 30.6 Å². The molecule has 0 spiro atoms. The maximum atomic E-state index is 12.2. The Balaban J connectivity index is 2.53. The molecule has 0 bridgehead atoms. The van der Waals surface area contributed by atoms with E-state index in [0.29, 0.717) is 11.3 Å². The number of benzene rings is 1. The smallest absolute Gasteiger partial charge is 0.339 e. The van der Waals surface area contributed by atoms with Crippen LogP contribution in [0.2, 0.25) is 0 Å². The van der Waals surface area contributed by atoms with E-state index in [-0.39, 0.29) is 18.4 Å². The zero-order valence-electron chi connectivity index (χ0n) is 11.3. The Bertz CT molecular complexity index is 525. The number of para-hydroxylation sites is 1. The van der Waals surface area contributed by atoms with Crippen molar-refractivity contribution in [1.82, 2.24) is 0 Å². The van der Waals surface area contributed by atoms with Crippen molar-refractivity contribution in [3.05, 3.63) is 29.8 Å². The fourth-order valence-electron chi connectivity index (χ4n) is 2.41. The topological polar surface area (TPSA) is 72.6 Å². The van der Waals surface area contributed by atoms with Gasteiger partial charge >= 0.3 is 5.97 Å².